The lowest BCUT2D eigenvalue weighted by atomic mass is 9.93. The lowest BCUT2D eigenvalue weighted by molar-refractivity contribution is -0.175. The molecule has 47 heavy (non-hydrogen) atoms. The van der Waals surface area contributed by atoms with Crippen molar-refractivity contribution in [2.24, 2.45) is 11.7 Å². The highest BCUT2D eigenvalue weighted by Gasteiger charge is 2.53. The van der Waals surface area contributed by atoms with E-state index in [1.807, 2.05) is 0 Å². The maximum atomic E-state index is 14.8. The van der Waals surface area contributed by atoms with Gasteiger partial charge < -0.3 is 35.8 Å². The molecule has 5 atom stereocenters. The van der Waals surface area contributed by atoms with Gasteiger partial charge in [-0.25, -0.2) is 8.42 Å². The number of rotatable bonds is 14. The molecule has 2 rings (SSSR count). The van der Waals surface area contributed by atoms with E-state index in [1.54, 1.807) is 32.9 Å². The van der Waals surface area contributed by atoms with E-state index in [0.29, 0.717) is 11.3 Å². The van der Waals surface area contributed by atoms with Crippen molar-refractivity contribution in [1.29, 1.82) is 0 Å². The fraction of sp³-hybridized carbons (Fsp3) is 0.690. The maximum Gasteiger partial charge on any atom is 0.405 e. The third-order valence-corrected chi connectivity index (χ3v) is 9.48. The topological polar surface area (TPSA) is 177 Å². The highest BCUT2D eigenvalue weighted by molar-refractivity contribution is 7.91. The Morgan fingerprint density at radius 2 is 1.66 bits per heavy atom. The molecule has 268 valence electrons. The van der Waals surface area contributed by atoms with Crippen LogP contribution in [0.2, 0.25) is 0 Å². The average molecular weight is 703 g/mol. The van der Waals surface area contributed by atoms with Crippen molar-refractivity contribution in [2.45, 2.75) is 94.0 Å². The molecule has 1 aliphatic heterocycles. The van der Waals surface area contributed by atoms with E-state index in [1.165, 1.54) is 33.1 Å². The van der Waals surface area contributed by atoms with Crippen molar-refractivity contribution in [1.82, 2.24) is 15.5 Å². The Morgan fingerprint density at radius 1 is 1.09 bits per heavy atom. The van der Waals surface area contributed by atoms with Crippen molar-refractivity contribution in [3.63, 3.8) is 0 Å². The number of hydrogen-bond donors (Lipinski definition) is 4. The number of halogens is 5. The van der Waals surface area contributed by atoms with Gasteiger partial charge in [-0.3, -0.25) is 14.4 Å². The first-order valence-electron chi connectivity index (χ1n) is 14.7. The molecule has 0 aromatic heterocycles. The summed E-state index contributed by atoms with van der Waals surface area (Å²) in [6.45, 7) is 4.82. The van der Waals surface area contributed by atoms with Crippen molar-refractivity contribution in [3.05, 3.63) is 29.8 Å². The number of alkyl halides is 5. The number of sulfone groups is 1. The Balaban J connectivity index is 2.37. The normalized spacial score (nSPS) is 19.7. The molecule has 1 aliphatic rings. The molecule has 0 spiro atoms. The lowest BCUT2D eigenvalue weighted by Gasteiger charge is -2.34. The number of nitrogens with two attached hydrogens (primary N) is 1. The van der Waals surface area contributed by atoms with Gasteiger partial charge in [0.25, 0.3) is 5.91 Å². The van der Waals surface area contributed by atoms with Crippen LogP contribution in [-0.2, 0) is 34.7 Å². The quantitative estimate of drug-likeness (QED) is 0.210. The number of hydrogen-bond acceptors (Lipinski definition) is 9. The van der Waals surface area contributed by atoms with Crippen molar-refractivity contribution >= 4 is 27.6 Å². The fourth-order valence-corrected chi connectivity index (χ4v) is 6.53. The highest BCUT2D eigenvalue weighted by atomic mass is 32.2. The zero-order valence-corrected chi connectivity index (χ0v) is 27.8. The van der Waals surface area contributed by atoms with Crippen LogP contribution in [0.25, 0.3) is 0 Å². The Morgan fingerprint density at radius 3 is 2.15 bits per heavy atom. The Bertz CT molecular complexity index is 1350. The predicted molar refractivity (Wildman–Crippen MR) is 160 cm³/mol. The average Bonchev–Trinajstić information content (AvgIpc) is 3.42. The van der Waals surface area contributed by atoms with Gasteiger partial charge in [0.2, 0.25) is 11.8 Å². The summed E-state index contributed by atoms with van der Waals surface area (Å²) >= 11 is 0. The Kier molecular flexibility index (Phi) is 13.2. The van der Waals surface area contributed by atoms with Crippen LogP contribution in [0.3, 0.4) is 0 Å². The molecule has 0 bridgehead atoms. The largest absolute Gasteiger partial charge is 0.497 e. The Hall–Kier alpha value is -3.09. The van der Waals surface area contributed by atoms with Gasteiger partial charge in [-0.15, -0.1) is 0 Å². The second-order valence-corrected chi connectivity index (χ2v) is 15.0. The van der Waals surface area contributed by atoms with Crippen molar-refractivity contribution in [3.8, 4) is 5.75 Å². The number of amides is 3. The summed E-state index contributed by atoms with van der Waals surface area (Å²) in [4.78, 5) is 39.9. The fourth-order valence-electron chi connectivity index (χ4n) is 4.77. The van der Waals surface area contributed by atoms with E-state index in [-0.39, 0.29) is 6.61 Å². The Labute approximate surface area is 270 Å². The molecule has 0 radical (unpaired) electrons. The van der Waals surface area contributed by atoms with Crippen LogP contribution in [0.4, 0.5) is 22.0 Å². The minimum atomic E-state index is -5.01. The number of ether oxygens (including phenoxy) is 2. The first-order chi connectivity index (χ1) is 21.4. The number of likely N-dealkylation sites (tertiary alicyclic amines) is 1. The van der Waals surface area contributed by atoms with E-state index in [4.69, 9.17) is 15.2 Å². The standard InChI is InChI=1S/C29H43F5N4O8S/c1-16(2)22(23(39)29(33,34)26(42)36-15-28(30,31)32)37-24(40)21-11-19(12-38(21)25(41)20(35)13-46-27(3,4)5)47(43,44)14-17-7-9-18(45-6)10-8-17/h7-10,16,19-23,39H,11-15,35H2,1-6H3,(H,36,42)(H,37,40)/t19-,20+,21+,22+,23-/m1/s1. The number of carbonyl (C=O) groups is 3. The second-order valence-electron chi connectivity index (χ2n) is 12.7. The van der Waals surface area contributed by atoms with Gasteiger partial charge in [-0.1, -0.05) is 26.0 Å². The smallest absolute Gasteiger partial charge is 0.405 e. The third-order valence-electron chi connectivity index (χ3n) is 7.39. The molecule has 0 aliphatic carbocycles. The number of methoxy groups -OCH3 is 1. The number of benzene rings is 1. The first kappa shape index (κ1) is 40.1. The van der Waals surface area contributed by atoms with E-state index in [2.05, 4.69) is 5.32 Å². The molecule has 12 nitrogen and oxygen atoms in total. The van der Waals surface area contributed by atoms with Crippen LogP contribution in [-0.4, -0.2) is 110 Å². The first-order valence-corrected chi connectivity index (χ1v) is 16.4. The minimum absolute atomic E-state index is 0.303. The summed E-state index contributed by atoms with van der Waals surface area (Å²) in [7, 11) is -2.61. The van der Waals surface area contributed by atoms with Gasteiger partial charge >= 0.3 is 12.1 Å². The molecule has 18 heteroatoms. The molecule has 3 amide bonds. The summed E-state index contributed by atoms with van der Waals surface area (Å²) < 4.78 is 105. The zero-order valence-electron chi connectivity index (χ0n) is 26.9. The summed E-state index contributed by atoms with van der Waals surface area (Å²) in [5.41, 5.74) is 5.73. The molecule has 0 saturated carbocycles. The van der Waals surface area contributed by atoms with Crippen LogP contribution >= 0.6 is 0 Å². The highest BCUT2D eigenvalue weighted by Crippen LogP contribution is 2.30. The third kappa shape index (κ3) is 11.2. The maximum absolute atomic E-state index is 14.8. The molecular formula is C29H43F5N4O8S. The molecule has 1 saturated heterocycles. The molecular weight excluding hydrogens is 659 g/mol. The molecule has 1 aromatic rings. The van der Waals surface area contributed by atoms with Gasteiger partial charge in [0, 0.05) is 6.54 Å². The number of aliphatic hydroxyl groups excluding tert-OH is 1. The monoisotopic (exact) mass is 702 g/mol. The van der Waals surface area contributed by atoms with Crippen molar-refractivity contribution < 1.29 is 59.3 Å². The minimum Gasteiger partial charge on any atom is -0.497 e. The van der Waals surface area contributed by atoms with Crippen LogP contribution < -0.4 is 21.1 Å². The summed E-state index contributed by atoms with van der Waals surface area (Å²) in [5.74, 6) is -10.2. The van der Waals surface area contributed by atoms with E-state index < -0.39 is 106 Å². The number of nitrogens with zero attached hydrogens (tertiary/aromatic N) is 1. The van der Waals surface area contributed by atoms with Crippen LogP contribution in [0.5, 0.6) is 5.75 Å². The molecule has 0 unspecified atom stereocenters. The molecule has 1 aromatic carbocycles. The van der Waals surface area contributed by atoms with Gasteiger partial charge in [0.1, 0.15) is 30.5 Å². The SMILES string of the molecule is COc1ccc(CS(=O)(=O)[C@@H]2C[C@@H](C(=O)N[C@@H](C(C)C)[C@@H](O)C(F)(F)C(=O)NCC(F)(F)F)N(C(=O)[C@@H](N)COC(C)(C)C)C2)cc1. The van der Waals surface area contributed by atoms with Crippen molar-refractivity contribution in [2.75, 3.05) is 26.8 Å². The molecule has 1 heterocycles. The lowest BCUT2D eigenvalue weighted by Crippen LogP contribution is -2.61. The summed E-state index contributed by atoms with van der Waals surface area (Å²) in [6, 6.07) is 1.32. The van der Waals surface area contributed by atoms with Crippen LogP contribution in [0.1, 0.15) is 46.6 Å². The van der Waals surface area contributed by atoms with Crippen LogP contribution in [0.15, 0.2) is 24.3 Å². The van der Waals surface area contributed by atoms with E-state index in [0.717, 1.165) is 10.2 Å². The number of carbonyl (C=O) groups excluding carboxylic acids is 3. The van der Waals surface area contributed by atoms with Gasteiger partial charge in [0.05, 0.1) is 36.4 Å². The zero-order chi connectivity index (χ0) is 36.1. The number of nitrogens with one attached hydrogen (secondary N) is 2. The second kappa shape index (κ2) is 15.4. The van der Waals surface area contributed by atoms with E-state index in [9.17, 15) is 49.9 Å². The van der Waals surface area contributed by atoms with Crippen LogP contribution in [0, 0.1) is 5.92 Å². The summed E-state index contributed by atoms with van der Waals surface area (Å²) in [5, 5.41) is 12.3. The van der Waals surface area contributed by atoms with E-state index >= 15 is 0 Å². The molecule has 5 N–H and O–H groups in total. The van der Waals surface area contributed by atoms with Gasteiger partial charge in [-0.2, -0.15) is 22.0 Å². The summed E-state index contributed by atoms with van der Waals surface area (Å²) in [6.07, 6.45) is -8.47. The number of aliphatic hydroxyl groups is 1. The van der Waals surface area contributed by atoms with Gasteiger partial charge in [0.15, 0.2) is 9.84 Å². The van der Waals surface area contributed by atoms with Gasteiger partial charge in [-0.05, 0) is 50.8 Å². The molecule has 1 fully saturated rings. The predicted octanol–water partition coefficient (Wildman–Crippen LogP) is 1.54.